The van der Waals surface area contributed by atoms with Gasteiger partial charge in [-0.25, -0.2) is 4.79 Å². The lowest BCUT2D eigenvalue weighted by Gasteiger charge is -2.15. The molecule has 0 bridgehead atoms. The van der Waals surface area contributed by atoms with E-state index >= 15 is 0 Å². The van der Waals surface area contributed by atoms with Gasteiger partial charge in [0.2, 0.25) is 0 Å². The summed E-state index contributed by atoms with van der Waals surface area (Å²) in [5.74, 6) is 0. The number of nitrogens with zero attached hydrogens (tertiary/aromatic N) is 3. The molecule has 0 amide bonds. The SMILES string of the molecule is CN(C)CCn1c(=O)n(CCc2ccccc2)c(=O)c2c3c(sc21)CCCCC3. The molecule has 4 rings (SSSR count). The van der Waals surface area contributed by atoms with E-state index in [0.29, 0.717) is 19.5 Å². The van der Waals surface area contributed by atoms with Crippen molar-refractivity contribution in [2.75, 3.05) is 20.6 Å². The number of likely N-dealkylation sites (N-methyl/N-ethyl adjacent to an activating group) is 1. The van der Waals surface area contributed by atoms with E-state index in [0.717, 1.165) is 41.6 Å². The fraction of sp³-hybridized carbons (Fsp3) is 0.478. The molecule has 0 saturated carbocycles. The van der Waals surface area contributed by atoms with Crippen LogP contribution in [0.25, 0.3) is 10.2 Å². The zero-order valence-corrected chi connectivity index (χ0v) is 18.1. The number of aryl methyl sites for hydroxylation is 3. The van der Waals surface area contributed by atoms with Gasteiger partial charge in [-0.05, 0) is 57.3 Å². The van der Waals surface area contributed by atoms with Crippen LogP contribution in [0.15, 0.2) is 39.9 Å². The Morgan fingerprint density at radius 2 is 1.72 bits per heavy atom. The number of hydrogen-bond donors (Lipinski definition) is 0. The molecule has 154 valence electrons. The molecule has 1 aromatic carbocycles. The van der Waals surface area contributed by atoms with Crippen molar-refractivity contribution < 1.29 is 0 Å². The zero-order valence-electron chi connectivity index (χ0n) is 17.3. The summed E-state index contributed by atoms with van der Waals surface area (Å²) in [6.07, 6.45) is 6.17. The largest absolute Gasteiger partial charge is 0.332 e. The van der Waals surface area contributed by atoms with Crippen molar-refractivity contribution in [2.45, 2.75) is 51.6 Å². The van der Waals surface area contributed by atoms with E-state index in [-0.39, 0.29) is 11.2 Å². The highest BCUT2D eigenvalue weighted by molar-refractivity contribution is 7.18. The first kappa shape index (κ1) is 20.1. The van der Waals surface area contributed by atoms with Crippen LogP contribution in [0.2, 0.25) is 0 Å². The van der Waals surface area contributed by atoms with Crippen LogP contribution in [0.3, 0.4) is 0 Å². The maximum absolute atomic E-state index is 13.5. The Labute approximate surface area is 175 Å². The average Bonchev–Trinajstić information content (AvgIpc) is 2.91. The lowest BCUT2D eigenvalue weighted by Crippen LogP contribution is -2.41. The second-order valence-corrected chi connectivity index (χ2v) is 9.26. The number of fused-ring (bicyclic) bond motifs is 3. The summed E-state index contributed by atoms with van der Waals surface area (Å²) in [6.45, 7) is 1.80. The van der Waals surface area contributed by atoms with Gasteiger partial charge in [-0.1, -0.05) is 36.8 Å². The van der Waals surface area contributed by atoms with Crippen molar-refractivity contribution >= 4 is 21.6 Å². The Kier molecular flexibility index (Phi) is 6.01. The van der Waals surface area contributed by atoms with E-state index in [1.165, 1.54) is 27.8 Å². The van der Waals surface area contributed by atoms with Gasteiger partial charge in [-0.2, -0.15) is 0 Å². The normalized spacial score (nSPS) is 14.3. The molecule has 6 heteroatoms. The van der Waals surface area contributed by atoms with Crippen molar-refractivity contribution in [3.05, 3.63) is 67.2 Å². The van der Waals surface area contributed by atoms with Crippen molar-refractivity contribution in [3.8, 4) is 0 Å². The van der Waals surface area contributed by atoms with Crippen LogP contribution in [0.1, 0.15) is 35.3 Å². The molecular weight excluding hydrogens is 382 g/mol. The van der Waals surface area contributed by atoms with Crippen LogP contribution in [0.5, 0.6) is 0 Å². The summed E-state index contributed by atoms with van der Waals surface area (Å²) < 4.78 is 3.32. The molecule has 0 spiro atoms. The molecule has 2 aromatic heterocycles. The number of aromatic nitrogens is 2. The molecule has 5 nitrogen and oxygen atoms in total. The summed E-state index contributed by atoms with van der Waals surface area (Å²) in [4.78, 5) is 31.1. The monoisotopic (exact) mass is 411 g/mol. The highest BCUT2D eigenvalue weighted by Crippen LogP contribution is 2.33. The summed E-state index contributed by atoms with van der Waals surface area (Å²) >= 11 is 1.67. The summed E-state index contributed by atoms with van der Waals surface area (Å²) in [7, 11) is 4.02. The van der Waals surface area contributed by atoms with Crippen LogP contribution in [0.4, 0.5) is 0 Å². The minimum absolute atomic E-state index is 0.0959. The Bertz CT molecular complexity index is 1110. The van der Waals surface area contributed by atoms with E-state index in [1.54, 1.807) is 11.3 Å². The van der Waals surface area contributed by atoms with E-state index in [1.807, 2.05) is 49.0 Å². The van der Waals surface area contributed by atoms with Gasteiger partial charge in [0.25, 0.3) is 5.56 Å². The fourth-order valence-electron chi connectivity index (χ4n) is 4.17. The van der Waals surface area contributed by atoms with Gasteiger partial charge in [0.1, 0.15) is 4.83 Å². The van der Waals surface area contributed by atoms with Gasteiger partial charge in [-0.15, -0.1) is 11.3 Å². The average molecular weight is 412 g/mol. The number of rotatable bonds is 6. The van der Waals surface area contributed by atoms with Gasteiger partial charge < -0.3 is 4.90 Å². The number of hydrogen-bond acceptors (Lipinski definition) is 4. The molecule has 0 radical (unpaired) electrons. The first-order valence-corrected chi connectivity index (χ1v) is 11.3. The maximum atomic E-state index is 13.5. The minimum Gasteiger partial charge on any atom is -0.308 e. The molecule has 1 aliphatic rings. The molecule has 1 aliphatic carbocycles. The molecule has 0 atom stereocenters. The molecule has 29 heavy (non-hydrogen) atoms. The highest BCUT2D eigenvalue weighted by atomic mass is 32.1. The maximum Gasteiger partial charge on any atom is 0.332 e. The third-order valence-electron chi connectivity index (χ3n) is 5.81. The zero-order chi connectivity index (χ0) is 20.4. The van der Waals surface area contributed by atoms with Crippen LogP contribution < -0.4 is 11.2 Å². The Morgan fingerprint density at radius 3 is 2.48 bits per heavy atom. The Morgan fingerprint density at radius 1 is 0.966 bits per heavy atom. The number of thiophene rings is 1. The van der Waals surface area contributed by atoms with Crippen molar-refractivity contribution in [2.24, 2.45) is 0 Å². The van der Waals surface area contributed by atoms with E-state index in [4.69, 9.17) is 0 Å². The topological polar surface area (TPSA) is 47.2 Å². The molecule has 0 fully saturated rings. The van der Waals surface area contributed by atoms with Crippen molar-refractivity contribution in [1.82, 2.24) is 14.0 Å². The second kappa shape index (κ2) is 8.67. The molecule has 2 heterocycles. The Hall–Kier alpha value is -2.18. The van der Waals surface area contributed by atoms with Crippen LogP contribution in [-0.4, -0.2) is 34.7 Å². The van der Waals surface area contributed by atoms with Crippen molar-refractivity contribution in [3.63, 3.8) is 0 Å². The fourth-order valence-corrected chi connectivity index (χ4v) is 5.57. The van der Waals surface area contributed by atoms with E-state index < -0.39 is 0 Å². The molecule has 0 N–H and O–H groups in total. The molecule has 0 aliphatic heterocycles. The van der Waals surface area contributed by atoms with Crippen LogP contribution in [-0.2, 0) is 32.4 Å². The molecule has 0 unspecified atom stereocenters. The van der Waals surface area contributed by atoms with Gasteiger partial charge in [0.15, 0.2) is 0 Å². The summed E-state index contributed by atoms with van der Waals surface area (Å²) in [5.41, 5.74) is 2.08. The van der Waals surface area contributed by atoms with Gasteiger partial charge in [0.05, 0.1) is 5.39 Å². The van der Waals surface area contributed by atoms with E-state index in [2.05, 4.69) is 4.90 Å². The summed E-state index contributed by atoms with van der Waals surface area (Å²) in [6, 6.07) is 10.1. The predicted molar refractivity (Wildman–Crippen MR) is 120 cm³/mol. The second-order valence-electron chi connectivity index (χ2n) is 8.17. The van der Waals surface area contributed by atoms with Gasteiger partial charge >= 0.3 is 5.69 Å². The predicted octanol–water partition coefficient (Wildman–Crippen LogP) is 3.30. The molecule has 0 saturated heterocycles. The first-order valence-electron chi connectivity index (χ1n) is 10.5. The standard InChI is InChI=1S/C23H29N3O2S/c1-24(2)15-16-26-22-20(18-11-7-4-8-12-19(18)29-22)21(27)25(23(26)28)14-13-17-9-5-3-6-10-17/h3,5-6,9-10H,4,7-8,11-16H2,1-2H3. The third-order valence-corrected chi connectivity index (χ3v) is 7.12. The van der Waals surface area contributed by atoms with E-state index in [9.17, 15) is 9.59 Å². The lowest BCUT2D eigenvalue weighted by molar-refractivity contribution is 0.379. The van der Waals surface area contributed by atoms with Crippen LogP contribution >= 0.6 is 11.3 Å². The molecular formula is C23H29N3O2S. The van der Waals surface area contributed by atoms with Crippen molar-refractivity contribution in [1.29, 1.82) is 0 Å². The smallest absolute Gasteiger partial charge is 0.308 e. The molecule has 3 aromatic rings. The third kappa shape index (κ3) is 4.09. The first-order chi connectivity index (χ1) is 14.1. The van der Waals surface area contributed by atoms with Gasteiger partial charge in [0, 0.05) is 24.5 Å². The van der Waals surface area contributed by atoms with Crippen LogP contribution in [0, 0.1) is 0 Å². The quantitative estimate of drug-likeness (QED) is 0.585. The number of benzene rings is 1. The Balaban J connectivity index is 1.84. The highest BCUT2D eigenvalue weighted by Gasteiger charge is 2.22. The minimum atomic E-state index is -0.170. The van der Waals surface area contributed by atoms with Gasteiger partial charge in [-0.3, -0.25) is 13.9 Å². The summed E-state index contributed by atoms with van der Waals surface area (Å²) in [5, 5.41) is 0.804. The lowest BCUT2D eigenvalue weighted by atomic mass is 10.1.